The van der Waals surface area contributed by atoms with Gasteiger partial charge in [0, 0.05) is 26.8 Å². The summed E-state index contributed by atoms with van der Waals surface area (Å²) in [5, 5.41) is 7.47. The molecule has 0 aromatic carbocycles. The van der Waals surface area contributed by atoms with Gasteiger partial charge in [-0.3, -0.25) is 4.79 Å². The van der Waals surface area contributed by atoms with Crippen LogP contribution < -0.4 is 10.9 Å². The number of anilines is 1. The van der Waals surface area contributed by atoms with Gasteiger partial charge in [-0.25, -0.2) is 4.68 Å². The van der Waals surface area contributed by atoms with Crippen LogP contribution in [0.2, 0.25) is 5.02 Å². The Morgan fingerprint density at radius 3 is 2.89 bits per heavy atom. The first-order valence-corrected chi connectivity index (χ1v) is 7.07. The van der Waals surface area contributed by atoms with Crippen LogP contribution in [0.1, 0.15) is 32.6 Å². The number of hydrogen-bond acceptors (Lipinski definition) is 4. The number of aromatic nitrogens is 2. The van der Waals surface area contributed by atoms with E-state index in [0.717, 1.165) is 38.8 Å². The average molecular weight is 288 g/mol. The monoisotopic (exact) mass is 287 g/mol. The van der Waals surface area contributed by atoms with E-state index < -0.39 is 0 Å². The Kier molecular flexibility index (Phi) is 7.52. The molecule has 0 bridgehead atoms. The zero-order valence-corrected chi connectivity index (χ0v) is 12.4. The number of nitrogens with zero attached hydrogens (tertiary/aromatic N) is 2. The number of unbranched alkanes of at least 4 members (excludes halogenated alkanes) is 2. The van der Waals surface area contributed by atoms with Gasteiger partial charge in [-0.15, -0.1) is 0 Å². The molecule has 19 heavy (non-hydrogen) atoms. The van der Waals surface area contributed by atoms with E-state index in [1.54, 1.807) is 13.3 Å². The number of methoxy groups -OCH3 is 1. The van der Waals surface area contributed by atoms with Crippen molar-refractivity contribution in [3.05, 3.63) is 21.6 Å². The lowest BCUT2D eigenvalue weighted by Gasteiger charge is -2.09. The molecule has 0 saturated heterocycles. The number of rotatable bonds is 9. The van der Waals surface area contributed by atoms with Crippen LogP contribution in [-0.4, -0.2) is 30.0 Å². The lowest BCUT2D eigenvalue weighted by atomic mass is 10.2. The summed E-state index contributed by atoms with van der Waals surface area (Å²) in [6.45, 7) is 4.15. The smallest absolute Gasteiger partial charge is 0.287 e. The van der Waals surface area contributed by atoms with Crippen molar-refractivity contribution in [2.24, 2.45) is 0 Å². The predicted molar refractivity (Wildman–Crippen MR) is 78.0 cm³/mol. The maximum absolute atomic E-state index is 11.9. The maximum atomic E-state index is 11.9. The standard InChI is InChI=1S/C13H22ClN3O2/c1-3-8-17-13(18)12(14)11(10-16-17)15-7-5-4-6-9-19-2/h10,15H,3-9H2,1-2H3. The van der Waals surface area contributed by atoms with Crippen molar-refractivity contribution < 1.29 is 4.74 Å². The normalized spacial score (nSPS) is 10.7. The fraction of sp³-hybridized carbons (Fsp3) is 0.692. The summed E-state index contributed by atoms with van der Waals surface area (Å²) in [5.41, 5.74) is 0.388. The molecule has 1 aromatic heterocycles. The Hall–Kier alpha value is -1.07. The molecule has 0 amide bonds. The van der Waals surface area contributed by atoms with E-state index in [1.807, 2.05) is 6.92 Å². The fourth-order valence-corrected chi connectivity index (χ4v) is 1.94. The number of ether oxygens (including phenoxy) is 1. The SMILES string of the molecule is CCCn1ncc(NCCCCCOC)c(Cl)c1=O. The summed E-state index contributed by atoms with van der Waals surface area (Å²) in [7, 11) is 1.70. The highest BCUT2D eigenvalue weighted by Gasteiger charge is 2.07. The third-order valence-corrected chi connectivity index (χ3v) is 3.13. The van der Waals surface area contributed by atoms with Crippen LogP contribution in [0.5, 0.6) is 0 Å². The minimum absolute atomic E-state index is 0.223. The topological polar surface area (TPSA) is 56.1 Å². The Bertz CT molecular complexity index is 434. The van der Waals surface area contributed by atoms with Crippen LogP contribution in [0, 0.1) is 0 Å². The third-order valence-electron chi connectivity index (χ3n) is 2.76. The molecule has 0 spiro atoms. The first kappa shape index (κ1) is 16.0. The van der Waals surface area contributed by atoms with Crippen LogP contribution in [0.3, 0.4) is 0 Å². The molecule has 0 unspecified atom stereocenters. The molecular weight excluding hydrogens is 266 g/mol. The fourth-order valence-electron chi connectivity index (χ4n) is 1.73. The molecule has 1 heterocycles. The minimum Gasteiger partial charge on any atom is -0.385 e. The molecule has 0 fully saturated rings. The lowest BCUT2D eigenvalue weighted by molar-refractivity contribution is 0.192. The average Bonchev–Trinajstić information content (AvgIpc) is 2.41. The highest BCUT2D eigenvalue weighted by Crippen LogP contribution is 2.15. The van der Waals surface area contributed by atoms with Crippen LogP contribution >= 0.6 is 11.6 Å². The summed E-state index contributed by atoms with van der Waals surface area (Å²) in [6.07, 6.45) is 5.61. The Labute approximate surface area is 118 Å². The van der Waals surface area contributed by atoms with Gasteiger partial charge in [0.15, 0.2) is 0 Å². The molecule has 0 aliphatic heterocycles. The van der Waals surface area contributed by atoms with E-state index >= 15 is 0 Å². The molecule has 5 nitrogen and oxygen atoms in total. The maximum Gasteiger partial charge on any atom is 0.287 e. The van der Waals surface area contributed by atoms with Gasteiger partial charge in [0.25, 0.3) is 5.56 Å². The molecule has 0 saturated carbocycles. The van der Waals surface area contributed by atoms with Crippen molar-refractivity contribution in [2.45, 2.75) is 39.2 Å². The Morgan fingerprint density at radius 2 is 2.21 bits per heavy atom. The quantitative estimate of drug-likeness (QED) is 0.709. The summed E-state index contributed by atoms with van der Waals surface area (Å²) in [5.74, 6) is 0. The van der Waals surface area contributed by atoms with E-state index in [4.69, 9.17) is 16.3 Å². The van der Waals surface area contributed by atoms with Crippen molar-refractivity contribution >= 4 is 17.3 Å². The zero-order chi connectivity index (χ0) is 14.1. The summed E-state index contributed by atoms with van der Waals surface area (Å²) in [4.78, 5) is 11.9. The predicted octanol–water partition coefficient (Wildman–Crippen LogP) is 2.54. The molecule has 108 valence electrons. The molecule has 1 aromatic rings. The zero-order valence-electron chi connectivity index (χ0n) is 11.6. The molecule has 6 heteroatoms. The summed E-state index contributed by atoms with van der Waals surface area (Å²) >= 11 is 6.04. The summed E-state index contributed by atoms with van der Waals surface area (Å²) in [6, 6.07) is 0. The molecule has 1 N–H and O–H groups in total. The van der Waals surface area contributed by atoms with Gasteiger partial charge in [0.1, 0.15) is 5.02 Å². The number of nitrogens with one attached hydrogen (secondary N) is 1. The highest BCUT2D eigenvalue weighted by atomic mass is 35.5. The molecule has 0 aliphatic carbocycles. The highest BCUT2D eigenvalue weighted by molar-refractivity contribution is 6.32. The van der Waals surface area contributed by atoms with Crippen molar-refractivity contribution in [1.29, 1.82) is 0 Å². The van der Waals surface area contributed by atoms with Gasteiger partial charge < -0.3 is 10.1 Å². The van der Waals surface area contributed by atoms with Crippen molar-refractivity contribution in [3.8, 4) is 0 Å². The first-order valence-electron chi connectivity index (χ1n) is 6.69. The van der Waals surface area contributed by atoms with E-state index in [1.165, 1.54) is 4.68 Å². The van der Waals surface area contributed by atoms with Gasteiger partial charge in [0.2, 0.25) is 0 Å². The first-order chi connectivity index (χ1) is 9.20. The largest absolute Gasteiger partial charge is 0.385 e. The number of halogens is 1. The lowest BCUT2D eigenvalue weighted by Crippen LogP contribution is -2.24. The van der Waals surface area contributed by atoms with E-state index in [-0.39, 0.29) is 10.6 Å². The third kappa shape index (κ3) is 5.20. The van der Waals surface area contributed by atoms with E-state index in [0.29, 0.717) is 12.2 Å². The van der Waals surface area contributed by atoms with Crippen LogP contribution in [0.25, 0.3) is 0 Å². The number of hydrogen-bond donors (Lipinski definition) is 1. The van der Waals surface area contributed by atoms with Gasteiger partial charge in [0.05, 0.1) is 11.9 Å². The van der Waals surface area contributed by atoms with Gasteiger partial charge in [-0.05, 0) is 25.7 Å². The van der Waals surface area contributed by atoms with Crippen LogP contribution in [0.15, 0.2) is 11.0 Å². The summed E-state index contributed by atoms with van der Waals surface area (Å²) < 4.78 is 6.38. The van der Waals surface area contributed by atoms with Crippen molar-refractivity contribution in [2.75, 3.05) is 25.6 Å². The van der Waals surface area contributed by atoms with E-state index in [9.17, 15) is 4.79 Å². The van der Waals surface area contributed by atoms with Gasteiger partial charge in [-0.1, -0.05) is 18.5 Å². The van der Waals surface area contributed by atoms with Gasteiger partial charge in [-0.2, -0.15) is 5.10 Å². The Morgan fingerprint density at radius 1 is 1.42 bits per heavy atom. The van der Waals surface area contributed by atoms with Crippen molar-refractivity contribution in [1.82, 2.24) is 9.78 Å². The molecule has 0 atom stereocenters. The molecule has 1 rings (SSSR count). The molecule has 0 radical (unpaired) electrons. The number of aryl methyl sites for hydroxylation is 1. The molecular formula is C13H22ClN3O2. The second-order valence-corrected chi connectivity index (χ2v) is 4.76. The van der Waals surface area contributed by atoms with Crippen molar-refractivity contribution in [3.63, 3.8) is 0 Å². The second kappa shape index (κ2) is 8.93. The van der Waals surface area contributed by atoms with E-state index in [2.05, 4.69) is 10.4 Å². The second-order valence-electron chi connectivity index (χ2n) is 4.38. The Balaban J connectivity index is 2.46. The molecule has 0 aliphatic rings. The van der Waals surface area contributed by atoms with Crippen LogP contribution in [-0.2, 0) is 11.3 Å². The minimum atomic E-state index is -0.229. The van der Waals surface area contributed by atoms with Crippen LogP contribution in [0.4, 0.5) is 5.69 Å². The van der Waals surface area contributed by atoms with Gasteiger partial charge >= 0.3 is 0 Å².